The van der Waals surface area contributed by atoms with Gasteiger partial charge in [0.15, 0.2) is 0 Å². The van der Waals surface area contributed by atoms with Crippen molar-refractivity contribution in [1.29, 1.82) is 0 Å². The molecule has 0 atom stereocenters. The fourth-order valence-corrected chi connectivity index (χ4v) is 3.20. The summed E-state index contributed by atoms with van der Waals surface area (Å²) in [4.78, 5) is 9.44. The largest absolute Gasteiger partial charge is 0.255 e. The monoisotopic (exact) mass is 304 g/mol. The molecular formula is C20H17FN2. The van der Waals surface area contributed by atoms with E-state index in [4.69, 9.17) is 4.99 Å². The highest BCUT2D eigenvalue weighted by atomic mass is 19.1. The van der Waals surface area contributed by atoms with Crippen molar-refractivity contribution in [2.24, 2.45) is 4.99 Å². The van der Waals surface area contributed by atoms with Gasteiger partial charge in [0.1, 0.15) is 5.82 Å². The number of aryl methyl sites for hydroxylation is 1. The standard InChI is InChI=1S/C20H17FN2/c21-15-10-11-17-19(12-15)23-18-9-5-4-8-16(18)20(17)22-13-14-6-2-1-3-7-14/h1-3,6-7,10-13H,4-5,8-9H2. The van der Waals surface area contributed by atoms with Crippen molar-refractivity contribution in [2.75, 3.05) is 0 Å². The number of pyridine rings is 1. The Kier molecular flexibility index (Phi) is 3.62. The summed E-state index contributed by atoms with van der Waals surface area (Å²) >= 11 is 0. The van der Waals surface area contributed by atoms with E-state index >= 15 is 0 Å². The first-order valence-corrected chi connectivity index (χ1v) is 8.01. The lowest BCUT2D eigenvalue weighted by atomic mass is 9.93. The second kappa shape index (κ2) is 5.92. The van der Waals surface area contributed by atoms with E-state index < -0.39 is 0 Å². The summed E-state index contributed by atoms with van der Waals surface area (Å²) in [5.41, 5.74) is 5.01. The highest BCUT2D eigenvalue weighted by Crippen LogP contribution is 2.35. The molecule has 3 aromatic rings. The Balaban J connectivity index is 1.90. The minimum absolute atomic E-state index is 0.251. The Hall–Kier alpha value is -2.55. The Morgan fingerprint density at radius 3 is 2.70 bits per heavy atom. The molecule has 0 N–H and O–H groups in total. The SMILES string of the molecule is Fc1ccc2c(N=Cc3ccccc3)c3c(nc2c1)CCCC3. The van der Waals surface area contributed by atoms with Gasteiger partial charge >= 0.3 is 0 Å². The molecule has 0 radical (unpaired) electrons. The van der Waals surface area contributed by atoms with E-state index in [9.17, 15) is 4.39 Å². The highest BCUT2D eigenvalue weighted by molar-refractivity contribution is 5.95. The molecule has 0 bridgehead atoms. The predicted octanol–water partition coefficient (Wildman–Crippen LogP) is 5.00. The molecule has 1 aliphatic rings. The first kappa shape index (κ1) is 14.1. The van der Waals surface area contributed by atoms with Crippen molar-refractivity contribution >= 4 is 22.8 Å². The van der Waals surface area contributed by atoms with Gasteiger partial charge in [0.25, 0.3) is 0 Å². The second-order valence-corrected chi connectivity index (χ2v) is 5.92. The van der Waals surface area contributed by atoms with E-state index in [0.29, 0.717) is 5.52 Å². The number of hydrogen-bond donors (Lipinski definition) is 0. The van der Waals surface area contributed by atoms with Crippen LogP contribution in [0.3, 0.4) is 0 Å². The minimum atomic E-state index is -0.251. The number of fused-ring (bicyclic) bond motifs is 2. The fraction of sp³-hybridized carbons (Fsp3) is 0.200. The van der Waals surface area contributed by atoms with E-state index in [2.05, 4.69) is 4.98 Å². The molecule has 2 aromatic carbocycles. The zero-order valence-corrected chi connectivity index (χ0v) is 12.8. The van der Waals surface area contributed by atoms with Crippen LogP contribution in [0.25, 0.3) is 10.9 Å². The summed E-state index contributed by atoms with van der Waals surface area (Å²) in [7, 11) is 0. The zero-order chi connectivity index (χ0) is 15.6. The Morgan fingerprint density at radius 1 is 1.00 bits per heavy atom. The molecule has 1 aromatic heterocycles. The molecule has 1 aliphatic carbocycles. The van der Waals surface area contributed by atoms with Crippen molar-refractivity contribution < 1.29 is 4.39 Å². The summed E-state index contributed by atoms with van der Waals surface area (Å²) in [6, 6.07) is 14.8. The summed E-state index contributed by atoms with van der Waals surface area (Å²) in [6.45, 7) is 0. The minimum Gasteiger partial charge on any atom is -0.255 e. The van der Waals surface area contributed by atoms with E-state index in [0.717, 1.165) is 48.0 Å². The number of hydrogen-bond acceptors (Lipinski definition) is 2. The van der Waals surface area contributed by atoms with Crippen molar-refractivity contribution in [3.63, 3.8) is 0 Å². The van der Waals surface area contributed by atoms with Crippen LogP contribution in [0, 0.1) is 5.82 Å². The summed E-state index contributed by atoms with van der Waals surface area (Å²) in [5.74, 6) is -0.251. The third-order valence-electron chi connectivity index (χ3n) is 4.34. The van der Waals surface area contributed by atoms with E-state index in [1.807, 2.05) is 36.5 Å². The smallest absolute Gasteiger partial charge is 0.125 e. The lowest BCUT2D eigenvalue weighted by Gasteiger charge is -2.18. The van der Waals surface area contributed by atoms with E-state index in [1.165, 1.54) is 17.7 Å². The zero-order valence-electron chi connectivity index (χ0n) is 12.8. The van der Waals surface area contributed by atoms with Crippen LogP contribution in [-0.2, 0) is 12.8 Å². The molecule has 0 spiro atoms. The van der Waals surface area contributed by atoms with Gasteiger partial charge in [0.05, 0.1) is 11.2 Å². The summed E-state index contributed by atoms with van der Waals surface area (Å²) < 4.78 is 13.6. The van der Waals surface area contributed by atoms with Crippen LogP contribution in [0.2, 0.25) is 0 Å². The van der Waals surface area contributed by atoms with Gasteiger partial charge in [-0.1, -0.05) is 30.3 Å². The third-order valence-corrected chi connectivity index (χ3v) is 4.34. The summed E-state index contributed by atoms with van der Waals surface area (Å²) in [5, 5.41) is 0.930. The highest BCUT2D eigenvalue weighted by Gasteiger charge is 2.17. The van der Waals surface area contributed by atoms with Gasteiger partial charge in [-0.05, 0) is 48.9 Å². The van der Waals surface area contributed by atoms with E-state index in [-0.39, 0.29) is 5.82 Å². The Morgan fingerprint density at radius 2 is 1.83 bits per heavy atom. The molecule has 2 nitrogen and oxygen atoms in total. The predicted molar refractivity (Wildman–Crippen MR) is 92.0 cm³/mol. The maximum absolute atomic E-state index is 13.6. The molecule has 0 aliphatic heterocycles. The Bertz CT molecular complexity index is 885. The Labute approximate surface area is 134 Å². The molecule has 1 heterocycles. The van der Waals surface area contributed by atoms with Crippen LogP contribution in [-0.4, -0.2) is 11.2 Å². The lowest BCUT2D eigenvalue weighted by Crippen LogP contribution is -2.06. The molecular weight excluding hydrogens is 287 g/mol. The van der Waals surface area contributed by atoms with Gasteiger partial charge in [0, 0.05) is 23.4 Å². The van der Waals surface area contributed by atoms with Gasteiger partial charge in [0.2, 0.25) is 0 Å². The van der Waals surface area contributed by atoms with Crippen LogP contribution >= 0.6 is 0 Å². The number of benzene rings is 2. The van der Waals surface area contributed by atoms with Gasteiger partial charge in [-0.25, -0.2) is 4.39 Å². The number of rotatable bonds is 2. The van der Waals surface area contributed by atoms with Crippen LogP contribution in [0.15, 0.2) is 53.5 Å². The van der Waals surface area contributed by atoms with Crippen LogP contribution in [0.4, 0.5) is 10.1 Å². The van der Waals surface area contributed by atoms with Crippen molar-refractivity contribution in [3.8, 4) is 0 Å². The molecule has 23 heavy (non-hydrogen) atoms. The normalized spacial score (nSPS) is 14.3. The topological polar surface area (TPSA) is 25.2 Å². The number of aliphatic imine (C=N–C) groups is 1. The van der Waals surface area contributed by atoms with Gasteiger partial charge in [-0.3, -0.25) is 9.98 Å². The van der Waals surface area contributed by atoms with Crippen LogP contribution in [0.1, 0.15) is 29.7 Å². The molecule has 0 fully saturated rings. The molecule has 3 heteroatoms. The first-order valence-electron chi connectivity index (χ1n) is 8.01. The van der Waals surface area contributed by atoms with Gasteiger partial charge in [-0.15, -0.1) is 0 Å². The van der Waals surface area contributed by atoms with Crippen LogP contribution < -0.4 is 0 Å². The van der Waals surface area contributed by atoms with Crippen molar-refractivity contribution in [1.82, 2.24) is 4.98 Å². The van der Waals surface area contributed by atoms with Gasteiger partial charge < -0.3 is 0 Å². The molecule has 114 valence electrons. The molecule has 0 amide bonds. The summed E-state index contributed by atoms with van der Waals surface area (Å²) in [6.07, 6.45) is 6.14. The molecule has 0 saturated carbocycles. The maximum atomic E-state index is 13.6. The number of nitrogens with zero attached hydrogens (tertiary/aromatic N) is 2. The average Bonchev–Trinajstić information content (AvgIpc) is 2.59. The third kappa shape index (κ3) is 2.74. The van der Waals surface area contributed by atoms with Crippen molar-refractivity contribution in [2.45, 2.75) is 25.7 Å². The molecule has 4 rings (SSSR count). The van der Waals surface area contributed by atoms with Gasteiger partial charge in [-0.2, -0.15) is 0 Å². The number of halogens is 1. The van der Waals surface area contributed by atoms with Crippen molar-refractivity contribution in [3.05, 3.63) is 71.2 Å². The van der Waals surface area contributed by atoms with Crippen LogP contribution in [0.5, 0.6) is 0 Å². The first-order chi connectivity index (χ1) is 11.3. The average molecular weight is 304 g/mol. The van der Waals surface area contributed by atoms with E-state index in [1.54, 1.807) is 6.07 Å². The quantitative estimate of drug-likeness (QED) is 0.611. The molecule has 0 unspecified atom stereocenters. The lowest BCUT2D eigenvalue weighted by molar-refractivity contribution is 0.628. The fourth-order valence-electron chi connectivity index (χ4n) is 3.20. The maximum Gasteiger partial charge on any atom is 0.125 e. The molecule has 0 saturated heterocycles. The second-order valence-electron chi connectivity index (χ2n) is 5.92. The number of aromatic nitrogens is 1.